The van der Waals surface area contributed by atoms with E-state index in [0.717, 1.165) is 12.1 Å². The lowest BCUT2D eigenvalue weighted by atomic mass is 10.1. The molecule has 100 valence electrons. The molecule has 7 heteroatoms. The lowest BCUT2D eigenvalue weighted by molar-refractivity contribution is -0.139. The van der Waals surface area contributed by atoms with E-state index in [1.165, 1.54) is 6.07 Å². The van der Waals surface area contributed by atoms with Crippen molar-refractivity contribution in [1.29, 1.82) is 0 Å². The molecule has 0 bridgehead atoms. The highest BCUT2D eigenvalue weighted by Gasteiger charge is 2.34. The Balaban J connectivity index is 2.50. The number of aromatic nitrogens is 2. The first-order valence-corrected chi connectivity index (χ1v) is 5.53. The number of hydrogen-bond acceptors (Lipinski definition) is 2. The van der Waals surface area contributed by atoms with E-state index in [9.17, 15) is 17.6 Å². The van der Waals surface area contributed by atoms with Crippen molar-refractivity contribution in [1.82, 2.24) is 9.97 Å². The monoisotopic (exact) mass is 290 g/mol. The zero-order valence-electron chi connectivity index (χ0n) is 9.59. The molecule has 0 atom stereocenters. The first kappa shape index (κ1) is 13.7. The summed E-state index contributed by atoms with van der Waals surface area (Å²) in [7, 11) is 0. The van der Waals surface area contributed by atoms with Crippen molar-refractivity contribution in [2.24, 2.45) is 0 Å². The molecule has 1 aromatic carbocycles. The first-order valence-electron chi connectivity index (χ1n) is 5.15. The summed E-state index contributed by atoms with van der Waals surface area (Å²) in [4.78, 5) is 7.66. The average Bonchev–Trinajstić information content (AvgIpc) is 2.25. The Morgan fingerprint density at radius 2 is 1.79 bits per heavy atom. The molecule has 2 aromatic rings. The van der Waals surface area contributed by atoms with Crippen molar-refractivity contribution in [2.45, 2.75) is 13.1 Å². The van der Waals surface area contributed by atoms with Gasteiger partial charge in [0.2, 0.25) is 5.28 Å². The van der Waals surface area contributed by atoms with E-state index in [1.54, 1.807) is 6.92 Å². The maximum absolute atomic E-state index is 13.4. The van der Waals surface area contributed by atoms with Crippen molar-refractivity contribution in [3.63, 3.8) is 0 Å². The molecule has 0 radical (unpaired) electrons. The van der Waals surface area contributed by atoms with Gasteiger partial charge in [-0.25, -0.2) is 14.4 Å². The van der Waals surface area contributed by atoms with Crippen LogP contribution in [0.3, 0.4) is 0 Å². The fourth-order valence-electron chi connectivity index (χ4n) is 1.58. The average molecular weight is 291 g/mol. The van der Waals surface area contributed by atoms with Crippen molar-refractivity contribution in [3.8, 4) is 11.3 Å². The van der Waals surface area contributed by atoms with Gasteiger partial charge in [0.15, 0.2) is 0 Å². The van der Waals surface area contributed by atoms with Gasteiger partial charge in [0.1, 0.15) is 5.82 Å². The summed E-state index contributed by atoms with van der Waals surface area (Å²) in [6, 6.07) is 4.11. The molecule has 0 N–H and O–H groups in total. The van der Waals surface area contributed by atoms with Crippen molar-refractivity contribution in [3.05, 3.63) is 46.6 Å². The maximum Gasteiger partial charge on any atom is 0.419 e. The van der Waals surface area contributed by atoms with Crippen LogP contribution in [0.4, 0.5) is 17.6 Å². The molecule has 0 amide bonds. The molecule has 0 aliphatic rings. The van der Waals surface area contributed by atoms with E-state index >= 15 is 0 Å². The molecule has 0 fully saturated rings. The van der Waals surface area contributed by atoms with E-state index in [4.69, 9.17) is 11.6 Å². The zero-order chi connectivity index (χ0) is 14.2. The lowest BCUT2D eigenvalue weighted by Crippen LogP contribution is -2.08. The summed E-state index contributed by atoms with van der Waals surface area (Å²) in [5, 5.41) is -0.0460. The number of benzene rings is 1. The third-order valence-electron chi connectivity index (χ3n) is 2.40. The predicted molar refractivity (Wildman–Crippen MR) is 62.2 cm³/mol. The van der Waals surface area contributed by atoms with Gasteiger partial charge in [0, 0.05) is 11.3 Å². The van der Waals surface area contributed by atoms with Gasteiger partial charge in [0.05, 0.1) is 11.3 Å². The molecule has 2 nitrogen and oxygen atoms in total. The van der Waals surface area contributed by atoms with E-state index in [1.807, 2.05) is 0 Å². The zero-order valence-corrected chi connectivity index (χ0v) is 10.3. The summed E-state index contributed by atoms with van der Waals surface area (Å²) in [5.41, 5.74) is -0.300. The smallest absolute Gasteiger partial charge is 0.223 e. The molecule has 19 heavy (non-hydrogen) atoms. The quantitative estimate of drug-likeness (QED) is 0.579. The summed E-state index contributed by atoms with van der Waals surface area (Å²) in [5.74, 6) is -1.35. The highest BCUT2D eigenvalue weighted by atomic mass is 35.5. The number of aryl methyl sites for hydroxylation is 1. The van der Waals surface area contributed by atoms with Gasteiger partial charge in [-0.15, -0.1) is 0 Å². The normalized spacial score (nSPS) is 11.7. The Bertz CT molecular complexity index is 605. The minimum atomic E-state index is -4.72. The molecule has 1 aromatic heterocycles. The second-order valence-corrected chi connectivity index (χ2v) is 4.19. The van der Waals surface area contributed by atoms with Crippen LogP contribution in [0.25, 0.3) is 11.3 Å². The van der Waals surface area contributed by atoms with Crippen LogP contribution in [-0.2, 0) is 6.18 Å². The molecule has 0 saturated carbocycles. The topological polar surface area (TPSA) is 25.8 Å². The third kappa shape index (κ3) is 3.01. The largest absolute Gasteiger partial charge is 0.419 e. The highest BCUT2D eigenvalue weighted by molar-refractivity contribution is 6.28. The summed E-state index contributed by atoms with van der Waals surface area (Å²) < 4.78 is 50.7. The van der Waals surface area contributed by atoms with Crippen LogP contribution >= 0.6 is 11.6 Å². The number of rotatable bonds is 1. The second kappa shape index (κ2) is 4.77. The molecule has 1 heterocycles. The van der Waals surface area contributed by atoms with Gasteiger partial charge in [-0.3, -0.25) is 0 Å². The Labute approximate surface area is 111 Å². The van der Waals surface area contributed by atoms with Crippen molar-refractivity contribution < 1.29 is 17.6 Å². The van der Waals surface area contributed by atoms with Crippen LogP contribution in [0.1, 0.15) is 11.3 Å². The molecule has 2 rings (SSSR count). The van der Waals surface area contributed by atoms with Gasteiger partial charge in [-0.2, -0.15) is 13.2 Å². The molecule has 0 unspecified atom stereocenters. The van der Waals surface area contributed by atoms with Crippen LogP contribution < -0.4 is 0 Å². The summed E-state index contributed by atoms with van der Waals surface area (Å²) in [6.07, 6.45) is -4.72. The SMILES string of the molecule is Cc1cc(-c2ccc(C(F)(F)F)c(F)c2)nc(Cl)n1. The minimum Gasteiger partial charge on any atom is -0.223 e. The number of alkyl halides is 3. The molecular weight excluding hydrogens is 284 g/mol. The Hall–Kier alpha value is -1.69. The summed E-state index contributed by atoms with van der Waals surface area (Å²) in [6.45, 7) is 1.65. The molecule has 0 aliphatic heterocycles. The number of halogens is 5. The number of hydrogen-bond donors (Lipinski definition) is 0. The fourth-order valence-corrected chi connectivity index (χ4v) is 1.81. The lowest BCUT2D eigenvalue weighted by Gasteiger charge is -2.09. The standard InChI is InChI=1S/C12H7ClF4N2/c1-6-4-10(19-11(13)18-6)7-2-3-8(9(14)5-7)12(15,16)17/h2-5H,1H3. The van der Waals surface area contributed by atoms with Gasteiger partial charge >= 0.3 is 6.18 Å². The maximum atomic E-state index is 13.4. The Morgan fingerprint density at radius 1 is 1.11 bits per heavy atom. The van der Waals surface area contributed by atoms with Gasteiger partial charge < -0.3 is 0 Å². The Morgan fingerprint density at radius 3 is 2.32 bits per heavy atom. The Kier molecular flexibility index (Phi) is 3.45. The van der Waals surface area contributed by atoms with Crippen LogP contribution in [0.5, 0.6) is 0 Å². The fraction of sp³-hybridized carbons (Fsp3) is 0.167. The van der Waals surface area contributed by atoms with Crippen LogP contribution in [0.15, 0.2) is 24.3 Å². The first-order chi connectivity index (χ1) is 8.77. The second-order valence-electron chi connectivity index (χ2n) is 3.86. The van der Waals surface area contributed by atoms with Crippen molar-refractivity contribution in [2.75, 3.05) is 0 Å². The van der Waals surface area contributed by atoms with E-state index in [2.05, 4.69) is 9.97 Å². The van der Waals surface area contributed by atoms with Gasteiger partial charge in [-0.1, -0.05) is 6.07 Å². The predicted octanol–water partition coefficient (Wildman–Crippen LogP) is 4.26. The third-order valence-corrected chi connectivity index (χ3v) is 2.57. The highest BCUT2D eigenvalue weighted by Crippen LogP contribution is 2.33. The molecular formula is C12H7ClF4N2. The molecule has 0 saturated heterocycles. The molecule has 0 spiro atoms. The van der Waals surface area contributed by atoms with E-state index in [0.29, 0.717) is 11.8 Å². The van der Waals surface area contributed by atoms with Crippen LogP contribution in [0, 0.1) is 12.7 Å². The van der Waals surface area contributed by atoms with Crippen molar-refractivity contribution >= 4 is 11.6 Å². The van der Waals surface area contributed by atoms with Crippen LogP contribution in [0.2, 0.25) is 5.28 Å². The minimum absolute atomic E-state index is 0.0460. The van der Waals surface area contributed by atoms with E-state index < -0.39 is 17.6 Å². The van der Waals surface area contributed by atoms with Crippen LogP contribution in [-0.4, -0.2) is 9.97 Å². The van der Waals surface area contributed by atoms with Gasteiger partial charge in [-0.05, 0) is 36.7 Å². The van der Waals surface area contributed by atoms with Gasteiger partial charge in [0.25, 0.3) is 0 Å². The number of nitrogens with zero attached hydrogens (tertiary/aromatic N) is 2. The summed E-state index contributed by atoms with van der Waals surface area (Å²) >= 11 is 5.65. The molecule has 0 aliphatic carbocycles. The van der Waals surface area contributed by atoms with E-state index in [-0.39, 0.29) is 16.5 Å².